The van der Waals surface area contributed by atoms with Crippen LogP contribution in [0.5, 0.6) is 0 Å². The Kier molecular flexibility index (Phi) is 3.97. The molecule has 0 radical (unpaired) electrons. The summed E-state index contributed by atoms with van der Waals surface area (Å²) in [6, 6.07) is 3.41. The van der Waals surface area contributed by atoms with Gasteiger partial charge in [-0.1, -0.05) is 11.6 Å². The van der Waals surface area contributed by atoms with Crippen molar-refractivity contribution in [2.75, 3.05) is 19.0 Å². The van der Waals surface area contributed by atoms with Crippen LogP contribution in [0.25, 0.3) is 0 Å². The van der Waals surface area contributed by atoms with Gasteiger partial charge in [0, 0.05) is 17.3 Å². The molecule has 0 spiro atoms. The summed E-state index contributed by atoms with van der Waals surface area (Å²) in [5.41, 5.74) is 2.22. The first-order valence-corrected chi connectivity index (χ1v) is 5.10. The summed E-state index contributed by atoms with van der Waals surface area (Å²) in [6.45, 7) is 4.63. The number of hydrogen-bond acceptors (Lipinski definition) is 3. The van der Waals surface area contributed by atoms with Gasteiger partial charge in [0.05, 0.1) is 12.7 Å². The molecule has 1 aromatic carbocycles. The van der Waals surface area contributed by atoms with Gasteiger partial charge in [0.15, 0.2) is 0 Å². The lowest BCUT2D eigenvalue weighted by Crippen LogP contribution is -2.07. The van der Waals surface area contributed by atoms with Crippen LogP contribution in [0.4, 0.5) is 5.69 Å². The Morgan fingerprint density at radius 2 is 2.20 bits per heavy atom. The van der Waals surface area contributed by atoms with Crippen molar-refractivity contribution in [3.05, 3.63) is 28.3 Å². The standard InChI is InChI=1S/C11H14ClNO2/c1-4-13-10-6-8(12)5-9(7(10)2)11(14)15-3/h5-6,13H,4H2,1-3H3. The minimum atomic E-state index is -0.367. The zero-order chi connectivity index (χ0) is 11.4. The Bertz CT molecular complexity index is 377. The van der Waals surface area contributed by atoms with E-state index in [-0.39, 0.29) is 5.97 Å². The molecule has 0 saturated carbocycles. The molecule has 0 saturated heterocycles. The Hall–Kier alpha value is -1.22. The van der Waals surface area contributed by atoms with E-state index in [0.29, 0.717) is 10.6 Å². The van der Waals surface area contributed by atoms with E-state index in [1.54, 1.807) is 12.1 Å². The summed E-state index contributed by atoms with van der Waals surface area (Å²) < 4.78 is 4.68. The van der Waals surface area contributed by atoms with E-state index in [9.17, 15) is 4.79 Å². The average molecular weight is 228 g/mol. The number of carbonyl (C=O) groups is 1. The van der Waals surface area contributed by atoms with Gasteiger partial charge in [-0.25, -0.2) is 4.79 Å². The molecule has 0 aliphatic rings. The number of nitrogens with one attached hydrogen (secondary N) is 1. The first-order chi connectivity index (χ1) is 7.10. The monoisotopic (exact) mass is 227 g/mol. The van der Waals surface area contributed by atoms with Crippen molar-refractivity contribution in [2.45, 2.75) is 13.8 Å². The van der Waals surface area contributed by atoms with Crippen LogP contribution in [0.1, 0.15) is 22.8 Å². The summed E-state index contributed by atoms with van der Waals surface area (Å²) in [5, 5.41) is 3.67. The lowest BCUT2D eigenvalue weighted by atomic mass is 10.1. The molecule has 1 aromatic rings. The Labute approximate surface area is 94.4 Å². The maximum absolute atomic E-state index is 11.4. The number of halogens is 1. The van der Waals surface area contributed by atoms with Crippen molar-refractivity contribution in [1.82, 2.24) is 0 Å². The third kappa shape index (κ3) is 2.63. The Morgan fingerprint density at radius 1 is 1.53 bits per heavy atom. The van der Waals surface area contributed by atoms with Crippen LogP contribution in [-0.4, -0.2) is 19.6 Å². The molecule has 0 amide bonds. The predicted octanol–water partition coefficient (Wildman–Crippen LogP) is 2.87. The predicted molar refractivity (Wildman–Crippen MR) is 61.7 cm³/mol. The number of rotatable bonds is 3. The van der Waals surface area contributed by atoms with Gasteiger partial charge in [-0.15, -0.1) is 0 Å². The quantitative estimate of drug-likeness (QED) is 0.807. The van der Waals surface area contributed by atoms with E-state index < -0.39 is 0 Å². The molecule has 0 unspecified atom stereocenters. The van der Waals surface area contributed by atoms with Crippen LogP contribution in [0, 0.1) is 6.92 Å². The SMILES string of the molecule is CCNc1cc(Cl)cc(C(=O)OC)c1C. The zero-order valence-electron chi connectivity index (χ0n) is 9.06. The highest BCUT2D eigenvalue weighted by molar-refractivity contribution is 6.31. The molecular weight excluding hydrogens is 214 g/mol. The summed E-state index contributed by atoms with van der Waals surface area (Å²) in [4.78, 5) is 11.4. The molecule has 1 N–H and O–H groups in total. The van der Waals surface area contributed by atoms with E-state index in [1.807, 2.05) is 13.8 Å². The average Bonchev–Trinajstić information content (AvgIpc) is 2.22. The molecule has 0 aliphatic heterocycles. The van der Waals surface area contributed by atoms with Crippen LogP contribution in [0.15, 0.2) is 12.1 Å². The van der Waals surface area contributed by atoms with Crippen molar-refractivity contribution in [3.63, 3.8) is 0 Å². The van der Waals surface area contributed by atoms with Crippen LogP contribution in [0.2, 0.25) is 5.02 Å². The highest BCUT2D eigenvalue weighted by atomic mass is 35.5. The van der Waals surface area contributed by atoms with Crippen molar-refractivity contribution in [2.24, 2.45) is 0 Å². The molecule has 1 rings (SSSR count). The third-order valence-corrected chi connectivity index (χ3v) is 2.36. The second-order valence-corrected chi connectivity index (χ2v) is 3.58. The number of methoxy groups -OCH3 is 1. The summed E-state index contributed by atoms with van der Waals surface area (Å²) >= 11 is 5.91. The van der Waals surface area contributed by atoms with E-state index in [0.717, 1.165) is 17.8 Å². The molecule has 3 nitrogen and oxygen atoms in total. The molecule has 82 valence electrons. The normalized spacial score (nSPS) is 9.87. The number of esters is 1. The fourth-order valence-electron chi connectivity index (χ4n) is 1.38. The summed E-state index contributed by atoms with van der Waals surface area (Å²) in [5.74, 6) is -0.367. The van der Waals surface area contributed by atoms with Crippen molar-refractivity contribution >= 4 is 23.3 Å². The van der Waals surface area contributed by atoms with Crippen LogP contribution in [0.3, 0.4) is 0 Å². The third-order valence-electron chi connectivity index (χ3n) is 2.14. The van der Waals surface area contributed by atoms with Crippen LogP contribution >= 0.6 is 11.6 Å². The topological polar surface area (TPSA) is 38.3 Å². The molecule has 0 atom stereocenters. The zero-order valence-corrected chi connectivity index (χ0v) is 9.81. The molecular formula is C11H14ClNO2. The highest BCUT2D eigenvalue weighted by Crippen LogP contribution is 2.25. The van der Waals surface area contributed by atoms with Gasteiger partial charge in [-0.2, -0.15) is 0 Å². The molecule has 15 heavy (non-hydrogen) atoms. The van der Waals surface area contributed by atoms with Gasteiger partial charge in [0.1, 0.15) is 0 Å². The molecule has 0 bridgehead atoms. The Morgan fingerprint density at radius 3 is 2.73 bits per heavy atom. The van der Waals surface area contributed by atoms with Crippen molar-refractivity contribution in [3.8, 4) is 0 Å². The number of ether oxygens (including phenoxy) is 1. The molecule has 0 fully saturated rings. The smallest absolute Gasteiger partial charge is 0.338 e. The minimum Gasteiger partial charge on any atom is -0.465 e. The number of hydrogen-bond donors (Lipinski definition) is 1. The fraction of sp³-hybridized carbons (Fsp3) is 0.364. The molecule has 0 aliphatic carbocycles. The molecule has 0 heterocycles. The van der Waals surface area contributed by atoms with Crippen molar-refractivity contribution < 1.29 is 9.53 Å². The molecule has 4 heteroatoms. The van der Waals surface area contributed by atoms with Crippen LogP contribution < -0.4 is 5.32 Å². The van der Waals surface area contributed by atoms with Gasteiger partial charge in [0.25, 0.3) is 0 Å². The van der Waals surface area contributed by atoms with E-state index >= 15 is 0 Å². The lowest BCUT2D eigenvalue weighted by molar-refractivity contribution is 0.0600. The van der Waals surface area contributed by atoms with Gasteiger partial charge < -0.3 is 10.1 Å². The van der Waals surface area contributed by atoms with E-state index in [2.05, 4.69) is 10.1 Å². The maximum atomic E-state index is 11.4. The van der Waals surface area contributed by atoms with Gasteiger partial charge in [-0.05, 0) is 31.5 Å². The number of anilines is 1. The maximum Gasteiger partial charge on any atom is 0.338 e. The first-order valence-electron chi connectivity index (χ1n) is 4.72. The lowest BCUT2D eigenvalue weighted by Gasteiger charge is -2.11. The van der Waals surface area contributed by atoms with E-state index in [4.69, 9.17) is 11.6 Å². The van der Waals surface area contributed by atoms with Gasteiger partial charge in [0.2, 0.25) is 0 Å². The number of benzene rings is 1. The van der Waals surface area contributed by atoms with E-state index in [1.165, 1.54) is 7.11 Å². The Balaban J connectivity index is 3.21. The minimum absolute atomic E-state index is 0.367. The summed E-state index contributed by atoms with van der Waals surface area (Å²) in [7, 11) is 1.36. The fourth-order valence-corrected chi connectivity index (χ4v) is 1.59. The van der Waals surface area contributed by atoms with Gasteiger partial charge >= 0.3 is 5.97 Å². The second-order valence-electron chi connectivity index (χ2n) is 3.15. The van der Waals surface area contributed by atoms with Crippen molar-refractivity contribution in [1.29, 1.82) is 0 Å². The summed E-state index contributed by atoms with van der Waals surface area (Å²) in [6.07, 6.45) is 0. The van der Waals surface area contributed by atoms with Crippen LogP contribution in [-0.2, 0) is 4.74 Å². The first kappa shape index (κ1) is 11.9. The highest BCUT2D eigenvalue weighted by Gasteiger charge is 2.13. The molecule has 0 aromatic heterocycles. The number of carbonyl (C=O) groups excluding carboxylic acids is 1. The largest absolute Gasteiger partial charge is 0.465 e. The van der Waals surface area contributed by atoms with Gasteiger partial charge in [-0.3, -0.25) is 0 Å². The second kappa shape index (κ2) is 5.03.